The lowest BCUT2D eigenvalue weighted by Gasteiger charge is -2.11. The Morgan fingerprint density at radius 3 is 2.47 bits per heavy atom. The van der Waals surface area contributed by atoms with Crippen LogP contribution >= 0.6 is 0 Å². The van der Waals surface area contributed by atoms with Crippen molar-refractivity contribution >= 4 is 33.2 Å². The van der Waals surface area contributed by atoms with E-state index in [0.717, 1.165) is 41.4 Å². The van der Waals surface area contributed by atoms with E-state index in [9.17, 15) is 18.0 Å². The van der Waals surface area contributed by atoms with Crippen LogP contribution in [0, 0.1) is 12.8 Å². The van der Waals surface area contributed by atoms with E-state index in [1.165, 1.54) is 18.3 Å². The van der Waals surface area contributed by atoms with Gasteiger partial charge in [-0.25, -0.2) is 18.4 Å². The van der Waals surface area contributed by atoms with E-state index in [4.69, 9.17) is 0 Å². The van der Waals surface area contributed by atoms with E-state index in [0.29, 0.717) is 17.2 Å². The summed E-state index contributed by atoms with van der Waals surface area (Å²) in [7, 11) is -3.55. The molecule has 3 aromatic heterocycles. The molecule has 3 heterocycles. The number of nitrogens with zero attached hydrogens (tertiary/aromatic N) is 4. The summed E-state index contributed by atoms with van der Waals surface area (Å²) in [6.07, 6.45) is 7.41. The van der Waals surface area contributed by atoms with Crippen molar-refractivity contribution in [3.05, 3.63) is 78.2 Å². The molecular weight excluding hydrogens is 504 g/mol. The Labute approximate surface area is 219 Å². The Morgan fingerprint density at radius 1 is 0.921 bits per heavy atom. The van der Waals surface area contributed by atoms with Crippen molar-refractivity contribution in [3.8, 4) is 22.4 Å². The predicted molar refractivity (Wildman–Crippen MR) is 142 cm³/mol. The summed E-state index contributed by atoms with van der Waals surface area (Å²) >= 11 is 0. The fourth-order valence-corrected chi connectivity index (χ4v) is 4.43. The van der Waals surface area contributed by atoms with Crippen LogP contribution in [0.15, 0.2) is 72.1 Å². The van der Waals surface area contributed by atoms with Crippen molar-refractivity contribution < 1.29 is 18.0 Å². The highest BCUT2D eigenvalue weighted by molar-refractivity contribution is 7.90. The minimum atomic E-state index is -3.55. The molecule has 38 heavy (non-hydrogen) atoms. The van der Waals surface area contributed by atoms with Crippen LogP contribution in [0.25, 0.3) is 22.4 Å². The highest BCUT2D eigenvalue weighted by atomic mass is 32.2. The second-order valence-electron chi connectivity index (χ2n) is 9.16. The highest BCUT2D eigenvalue weighted by Crippen LogP contribution is 2.31. The fourth-order valence-electron chi connectivity index (χ4n) is 3.84. The summed E-state index contributed by atoms with van der Waals surface area (Å²) in [4.78, 5) is 33.0. The van der Waals surface area contributed by atoms with Crippen LogP contribution in [0.2, 0.25) is 0 Å². The molecule has 1 saturated carbocycles. The number of nitrogens with one attached hydrogen (secondary N) is 2. The number of anilines is 2. The highest BCUT2D eigenvalue weighted by Gasteiger charge is 2.29. The molecule has 0 aliphatic heterocycles. The first kappa shape index (κ1) is 25.2. The fraction of sp³-hybridized carbons (Fsp3) is 0.185. The van der Waals surface area contributed by atoms with Gasteiger partial charge in [0.1, 0.15) is 5.82 Å². The first-order valence-electron chi connectivity index (χ1n) is 11.9. The maximum absolute atomic E-state index is 12.8. The average molecular weight is 529 g/mol. The largest absolute Gasteiger partial charge is 0.322 e. The number of hydrogen-bond donors (Lipinski definition) is 2. The number of aromatic nitrogens is 4. The van der Waals surface area contributed by atoms with E-state index in [-0.39, 0.29) is 22.4 Å². The molecule has 1 aliphatic rings. The smallest absolute Gasteiger partial charge is 0.255 e. The molecule has 1 aromatic carbocycles. The number of carbonyl (C=O) groups excluding carboxylic acids is 2. The van der Waals surface area contributed by atoms with Gasteiger partial charge in [0, 0.05) is 46.9 Å². The zero-order valence-electron chi connectivity index (χ0n) is 20.7. The number of hydrogen-bond acceptors (Lipinski definition) is 8. The minimum Gasteiger partial charge on any atom is -0.322 e. The molecule has 5 rings (SSSR count). The van der Waals surface area contributed by atoms with Gasteiger partial charge in [0.05, 0.1) is 11.9 Å². The quantitative estimate of drug-likeness (QED) is 0.367. The van der Waals surface area contributed by atoms with Crippen LogP contribution < -0.4 is 10.6 Å². The third-order valence-corrected chi connectivity index (χ3v) is 7.08. The molecular formula is C27H24N6O4S. The summed E-state index contributed by atoms with van der Waals surface area (Å²) in [6, 6.07) is 13.6. The summed E-state index contributed by atoms with van der Waals surface area (Å²) in [5.74, 6) is 0.0703. The molecule has 10 nitrogen and oxygen atoms in total. The summed E-state index contributed by atoms with van der Waals surface area (Å²) in [6.45, 7) is 1.93. The Hall–Kier alpha value is -4.51. The number of carbonyl (C=O) groups is 2. The number of amides is 2. The SMILES string of the molecule is Cc1ccc(NC(=O)c2ccnc(S(C)(=O)=O)c2)cc1-c1cc(-c2ccnc(NC(=O)C3CC3)c2)cnn1. The van der Waals surface area contributed by atoms with Crippen molar-refractivity contribution in [2.75, 3.05) is 16.9 Å². The first-order valence-corrected chi connectivity index (χ1v) is 13.7. The Morgan fingerprint density at radius 2 is 1.71 bits per heavy atom. The van der Waals surface area contributed by atoms with E-state index < -0.39 is 15.7 Å². The molecule has 192 valence electrons. The van der Waals surface area contributed by atoms with Gasteiger partial charge in [0.15, 0.2) is 14.9 Å². The number of pyridine rings is 2. The van der Waals surface area contributed by atoms with Gasteiger partial charge in [-0.15, -0.1) is 0 Å². The van der Waals surface area contributed by atoms with E-state index in [2.05, 4.69) is 30.8 Å². The van der Waals surface area contributed by atoms with Crippen molar-refractivity contribution in [1.82, 2.24) is 20.2 Å². The van der Waals surface area contributed by atoms with Crippen LogP contribution in [-0.4, -0.2) is 46.7 Å². The van der Waals surface area contributed by atoms with Crippen molar-refractivity contribution in [2.24, 2.45) is 5.92 Å². The van der Waals surface area contributed by atoms with E-state index >= 15 is 0 Å². The summed E-state index contributed by atoms with van der Waals surface area (Å²) in [5.41, 5.74) is 4.58. The van der Waals surface area contributed by atoms with Crippen molar-refractivity contribution in [1.29, 1.82) is 0 Å². The van der Waals surface area contributed by atoms with Gasteiger partial charge >= 0.3 is 0 Å². The number of aryl methyl sites for hydroxylation is 1. The Kier molecular flexibility index (Phi) is 6.68. The maximum atomic E-state index is 12.8. The molecule has 1 fully saturated rings. The van der Waals surface area contributed by atoms with Gasteiger partial charge in [0.25, 0.3) is 5.91 Å². The van der Waals surface area contributed by atoms with E-state index in [1.807, 2.05) is 25.1 Å². The van der Waals surface area contributed by atoms with Gasteiger partial charge in [-0.3, -0.25) is 9.59 Å². The third-order valence-electron chi connectivity index (χ3n) is 6.10. The molecule has 4 aromatic rings. The van der Waals surface area contributed by atoms with Crippen LogP contribution in [-0.2, 0) is 14.6 Å². The minimum absolute atomic E-state index is 0.0167. The van der Waals surface area contributed by atoms with E-state index in [1.54, 1.807) is 30.6 Å². The monoisotopic (exact) mass is 528 g/mol. The van der Waals surface area contributed by atoms with Crippen molar-refractivity contribution in [2.45, 2.75) is 24.8 Å². The zero-order valence-corrected chi connectivity index (χ0v) is 21.5. The third kappa shape index (κ3) is 5.73. The lowest BCUT2D eigenvalue weighted by molar-refractivity contribution is -0.117. The maximum Gasteiger partial charge on any atom is 0.255 e. The average Bonchev–Trinajstić information content (AvgIpc) is 3.75. The topological polar surface area (TPSA) is 144 Å². The molecule has 0 bridgehead atoms. The molecule has 0 spiro atoms. The Bertz CT molecular complexity index is 1670. The normalized spacial score (nSPS) is 13.1. The predicted octanol–water partition coefficient (Wildman–Crippen LogP) is 3.91. The number of rotatable bonds is 7. The molecule has 2 N–H and O–H groups in total. The van der Waals surface area contributed by atoms with Gasteiger partial charge in [-0.1, -0.05) is 6.07 Å². The lowest BCUT2D eigenvalue weighted by atomic mass is 10.0. The van der Waals surface area contributed by atoms with Crippen LogP contribution in [0.1, 0.15) is 28.8 Å². The molecule has 0 saturated heterocycles. The molecule has 11 heteroatoms. The standard InChI is InChI=1S/C27H24N6O4S/c1-16-3-6-21(31-27(35)19-8-10-29-25(13-19)38(2,36)37)14-22(16)23-11-20(15-30-33-23)18-7-9-28-24(12-18)32-26(34)17-4-5-17/h3,6-15,17H,4-5H2,1-2H3,(H,31,35)(H,28,32,34). The lowest BCUT2D eigenvalue weighted by Crippen LogP contribution is -2.14. The second-order valence-corrected chi connectivity index (χ2v) is 11.1. The summed E-state index contributed by atoms with van der Waals surface area (Å²) in [5, 5.41) is 13.9. The zero-order chi connectivity index (χ0) is 26.9. The van der Waals surface area contributed by atoms with Gasteiger partial charge in [0.2, 0.25) is 5.91 Å². The second kappa shape index (κ2) is 10.1. The van der Waals surface area contributed by atoms with Crippen LogP contribution in [0.4, 0.5) is 11.5 Å². The molecule has 2 amide bonds. The van der Waals surface area contributed by atoms with Gasteiger partial charge in [-0.05, 0) is 73.4 Å². The van der Waals surface area contributed by atoms with Crippen LogP contribution in [0.5, 0.6) is 0 Å². The molecule has 0 unspecified atom stereocenters. The summed E-state index contributed by atoms with van der Waals surface area (Å²) < 4.78 is 23.6. The van der Waals surface area contributed by atoms with Gasteiger partial charge < -0.3 is 10.6 Å². The number of benzene rings is 1. The first-order chi connectivity index (χ1) is 18.2. The Balaban J connectivity index is 1.39. The molecule has 1 aliphatic carbocycles. The van der Waals surface area contributed by atoms with Crippen molar-refractivity contribution in [3.63, 3.8) is 0 Å². The van der Waals surface area contributed by atoms with Crippen LogP contribution in [0.3, 0.4) is 0 Å². The number of sulfone groups is 1. The van der Waals surface area contributed by atoms with Gasteiger partial charge in [-0.2, -0.15) is 10.2 Å². The molecule has 0 atom stereocenters. The molecule has 0 radical (unpaired) electrons.